The number of methoxy groups -OCH3 is 2. The molecule has 0 radical (unpaired) electrons. The van der Waals surface area contributed by atoms with Crippen molar-refractivity contribution in [3.8, 4) is 11.5 Å². The van der Waals surface area contributed by atoms with Crippen LogP contribution in [0.5, 0.6) is 11.5 Å². The highest BCUT2D eigenvalue weighted by Crippen LogP contribution is 2.29. The van der Waals surface area contributed by atoms with Gasteiger partial charge in [0.05, 0.1) is 14.2 Å². The lowest BCUT2D eigenvalue weighted by Crippen LogP contribution is -2.53. The van der Waals surface area contributed by atoms with E-state index in [0.717, 1.165) is 18.7 Å². The van der Waals surface area contributed by atoms with E-state index in [1.807, 2.05) is 18.2 Å². The molecule has 3 amide bonds. The van der Waals surface area contributed by atoms with Crippen LogP contribution in [0.15, 0.2) is 18.2 Å². The summed E-state index contributed by atoms with van der Waals surface area (Å²) >= 11 is 0. The van der Waals surface area contributed by atoms with Crippen LogP contribution in [0.25, 0.3) is 0 Å². The fourth-order valence-electron chi connectivity index (χ4n) is 3.35. The largest absolute Gasteiger partial charge is 0.493 e. The average Bonchev–Trinajstić information content (AvgIpc) is 2.83. The van der Waals surface area contributed by atoms with Gasteiger partial charge in [-0.15, -0.1) is 0 Å². The Hall–Kier alpha value is -2.28. The number of nitrogens with one attached hydrogen (secondary N) is 2. The van der Waals surface area contributed by atoms with Crippen molar-refractivity contribution in [1.82, 2.24) is 15.5 Å². The van der Waals surface area contributed by atoms with E-state index in [9.17, 15) is 9.59 Å². The van der Waals surface area contributed by atoms with Gasteiger partial charge in [-0.1, -0.05) is 6.07 Å². The van der Waals surface area contributed by atoms with E-state index in [2.05, 4.69) is 10.6 Å². The summed E-state index contributed by atoms with van der Waals surface area (Å²) in [7, 11) is 3.17. The molecule has 1 aromatic carbocycles. The molecule has 3 rings (SSSR count). The third-order valence-electron chi connectivity index (χ3n) is 4.78. The number of amides is 3. The molecule has 1 spiro atoms. The molecule has 130 valence electrons. The van der Waals surface area contributed by atoms with E-state index < -0.39 is 5.54 Å². The van der Waals surface area contributed by atoms with Crippen molar-refractivity contribution in [2.24, 2.45) is 0 Å². The first-order valence-corrected chi connectivity index (χ1v) is 8.15. The van der Waals surface area contributed by atoms with Crippen LogP contribution in [-0.4, -0.2) is 56.2 Å². The van der Waals surface area contributed by atoms with E-state index in [0.29, 0.717) is 37.3 Å². The molecule has 2 N–H and O–H groups in total. The number of nitrogens with zero attached hydrogens (tertiary/aromatic N) is 1. The molecule has 0 atom stereocenters. The Labute approximate surface area is 141 Å². The van der Waals surface area contributed by atoms with Gasteiger partial charge in [0.1, 0.15) is 5.54 Å². The highest BCUT2D eigenvalue weighted by molar-refractivity contribution is 6.07. The summed E-state index contributed by atoms with van der Waals surface area (Å²) in [5, 5.41) is 6.12. The van der Waals surface area contributed by atoms with Crippen molar-refractivity contribution in [2.75, 3.05) is 33.9 Å². The maximum absolute atomic E-state index is 12.7. The smallest absolute Gasteiger partial charge is 0.325 e. The number of hydrogen-bond donors (Lipinski definition) is 2. The second-order valence-electron chi connectivity index (χ2n) is 6.16. The van der Waals surface area contributed by atoms with Gasteiger partial charge in [-0.05, 0) is 50.0 Å². The molecule has 7 nitrogen and oxygen atoms in total. The molecule has 0 saturated carbocycles. The Kier molecular flexibility index (Phi) is 4.62. The topological polar surface area (TPSA) is 79.9 Å². The molecular formula is C17H23N3O4. The summed E-state index contributed by atoms with van der Waals surface area (Å²) in [4.78, 5) is 26.3. The first kappa shape index (κ1) is 16.6. The maximum atomic E-state index is 12.7. The van der Waals surface area contributed by atoms with Crippen LogP contribution in [0.4, 0.5) is 4.79 Å². The first-order valence-electron chi connectivity index (χ1n) is 8.15. The van der Waals surface area contributed by atoms with Gasteiger partial charge in [-0.3, -0.25) is 9.69 Å². The number of imide groups is 1. The molecule has 2 aliphatic heterocycles. The molecule has 2 fully saturated rings. The van der Waals surface area contributed by atoms with Gasteiger partial charge in [-0.2, -0.15) is 0 Å². The Balaban J connectivity index is 1.68. The van der Waals surface area contributed by atoms with Crippen LogP contribution in [-0.2, 0) is 11.2 Å². The van der Waals surface area contributed by atoms with Crippen LogP contribution >= 0.6 is 0 Å². The monoisotopic (exact) mass is 333 g/mol. The lowest BCUT2D eigenvalue weighted by atomic mass is 9.88. The van der Waals surface area contributed by atoms with Gasteiger partial charge < -0.3 is 20.1 Å². The predicted molar refractivity (Wildman–Crippen MR) is 88.3 cm³/mol. The van der Waals surface area contributed by atoms with Crippen LogP contribution in [0, 0.1) is 0 Å². The lowest BCUT2D eigenvalue weighted by molar-refractivity contribution is -0.132. The van der Waals surface area contributed by atoms with Crippen molar-refractivity contribution in [3.05, 3.63) is 23.8 Å². The predicted octanol–water partition coefficient (Wildman–Crippen LogP) is 0.920. The minimum atomic E-state index is -0.708. The average molecular weight is 333 g/mol. The van der Waals surface area contributed by atoms with E-state index in [1.165, 1.54) is 4.90 Å². The highest BCUT2D eigenvalue weighted by atomic mass is 16.5. The summed E-state index contributed by atoms with van der Waals surface area (Å²) in [5.74, 6) is 1.20. The maximum Gasteiger partial charge on any atom is 0.325 e. The van der Waals surface area contributed by atoms with E-state index in [-0.39, 0.29) is 11.9 Å². The van der Waals surface area contributed by atoms with Crippen LogP contribution in [0.1, 0.15) is 18.4 Å². The minimum Gasteiger partial charge on any atom is -0.493 e. The summed E-state index contributed by atoms with van der Waals surface area (Å²) in [6.45, 7) is 1.85. The van der Waals surface area contributed by atoms with Gasteiger partial charge in [0.2, 0.25) is 0 Å². The zero-order chi connectivity index (χ0) is 17.2. The van der Waals surface area contributed by atoms with Crippen LogP contribution in [0.2, 0.25) is 0 Å². The fourth-order valence-corrected chi connectivity index (χ4v) is 3.35. The van der Waals surface area contributed by atoms with Gasteiger partial charge in [0.25, 0.3) is 5.91 Å². The fraction of sp³-hybridized carbons (Fsp3) is 0.529. The molecule has 7 heteroatoms. The Morgan fingerprint density at radius 3 is 2.50 bits per heavy atom. The molecule has 0 bridgehead atoms. The zero-order valence-electron chi connectivity index (χ0n) is 14.1. The van der Waals surface area contributed by atoms with Gasteiger partial charge in [0, 0.05) is 6.54 Å². The quantitative estimate of drug-likeness (QED) is 0.784. The summed E-state index contributed by atoms with van der Waals surface area (Å²) in [6, 6.07) is 5.33. The Morgan fingerprint density at radius 2 is 1.83 bits per heavy atom. The van der Waals surface area contributed by atoms with Crippen LogP contribution < -0.4 is 20.1 Å². The van der Waals surface area contributed by atoms with Crippen molar-refractivity contribution in [1.29, 1.82) is 0 Å². The van der Waals surface area contributed by atoms with Gasteiger partial charge in [0.15, 0.2) is 11.5 Å². The zero-order valence-corrected chi connectivity index (χ0v) is 14.1. The lowest BCUT2D eigenvalue weighted by Gasteiger charge is -2.31. The number of urea groups is 1. The molecule has 0 unspecified atom stereocenters. The molecule has 0 aromatic heterocycles. The number of carbonyl (C=O) groups is 2. The number of ether oxygens (including phenoxy) is 2. The molecule has 0 aliphatic carbocycles. The van der Waals surface area contributed by atoms with Crippen molar-refractivity contribution in [3.63, 3.8) is 0 Å². The van der Waals surface area contributed by atoms with Crippen LogP contribution in [0.3, 0.4) is 0 Å². The molecular weight excluding hydrogens is 310 g/mol. The summed E-state index contributed by atoms with van der Waals surface area (Å²) in [6.07, 6.45) is 1.86. The van der Waals surface area contributed by atoms with E-state index in [4.69, 9.17) is 9.47 Å². The number of carbonyl (C=O) groups excluding carboxylic acids is 2. The molecule has 2 heterocycles. The second kappa shape index (κ2) is 6.68. The number of benzene rings is 1. The van der Waals surface area contributed by atoms with Gasteiger partial charge >= 0.3 is 6.03 Å². The number of rotatable bonds is 5. The van der Waals surface area contributed by atoms with Crippen molar-refractivity contribution in [2.45, 2.75) is 24.8 Å². The molecule has 2 saturated heterocycles. The Bertz CT molecular complexity index is 641. The van der Waals surface area contributed by atoms with E-state index >= 15 is 0 Å². The number of piperidine rings is 1. The number of hydrogen-bond acceptors (Lipinski definition) is 5. The molecule has 24 heavy (non-hydrogen) atoms. The summed E-state index contributed by atoms with van der Waals surface area (Å²) in [5.41, 5.74) is 0.277. The normalized spacial score (nSPS) is 19.5. The highest BCUT2D eigenvalue weighted by Gasteiger charge is 2.50. The first-order chi connectivity index (χ1) is 11.6. The molecule has 2 aliphatic rings. The van der Waals surface area contributed by atoms with Crippen molar-refractivity contribution >= 4 is 11.9 Å². The van der Waals surface area contributed by atoms with E-state index in [1.54, 1.807) is 14.2 Å². The minimum absolute atomic E-state index is 0.102. The third-order valence-corrected chi connectivity index (χ3v) is 4.78. The van der Waals surface area contributed by atoms with Crippen molar-refractivity contribution < 1.29 is 19.1 Å². The summed E-state index contributed by atoms with van der Waals surface area (Å²) < 4.78 is 10.5. The second-order valence-corrected chi connectivity index (χ2v) is 6.16. The standard InChI is InChI=1S/C17H23N3O4/c1-23-13-4-3-12(11-14(13)24-2)5-10-20-15(21)17(19-16(20)22)6-8-18-9-7-17/h3-4,11,18H,5-10H2,1-2H3,(H,19,22). The molecule has 1 aromatic rings. The SMILES string of the molecule is COc1ccc(CCN2C(=O)NC3(CCNCC3)C2=O)cc1OC. The Morgan fingerprint density at radius 1 is 1.12 bits per heavy atom. The van der Waals surface area contributed by atoms with Gasteiger partial charge in [-0.25, -0.2) is 4.79 Å². The third kappa shape index (κ3) is 2.91.